The van der Waals surface area contributed by atoms with Crippen LogP contribution in [0.5, 0.6) is 5.75 Å². The Morgan fingerprint density at radius 3 is 2.47 bits per heavy atom. The number of halogens is 1. The van der Waals surface area contributed by atoms with Gasteiger partial charge in [-0.2, -0.15) is 15.5 Å². The summed E-state index contributed by atoms with van der Waals surface area (Å²) in [7, 11) is 0. The summed E-state index contributed by atoms with van der Waals surface area (Å²) in [6.45, 7) is 11.4. The predicted molar refractivity (Wildman–Crippen MR) is 159 cm³/mol. The molecule has 0 radical (unpaired) electrons. The molecule has 0 saturated carbocycles. The first-order valence-electron chi connectivity index (χ1n) is 13.7. The van der Waals surface area contributed by atoms with Gasteiger partial charge in [0.2, 0.25) is 5.91 Å². The molecule has 0 spiro atoms. The van der Waals surface area contributed by atoms with Gasteiger partial charge < -0.3 is 14.8 Å². The minimum absolute atomic E-state index is 0.173. The second-order valence-electron chi connectivity index (χ2n) is 11.1. The topological polar surface area (TPSA) is 146 Å². The molecule has 1 N–H and O–H groups in total. The van der Waals surface area contributed by atoms with Gasteiger partial charge in [0.05, 0.1) is 30.4 Å². The van der Waals surface area contributed by atoms with E-state index in [2.05, 4.69) is 15.5 Å². The Labute approximate surface area is 251 Å². The van der Waals surface area contributed by atoms with Crippen LogP contribution in [-0.4, -0.2) is 48.8 Å². The van der Waals surface area contributed by atoms with Crippen LogP contribution in [0.1, 0.15) is 58.8 Å². The van der Waals surface area contributed by atoms with E-state index in [0.29, 0.717) is 15.4 Å². The van der Waals surface area contributed by atoms with Crippen molar-refractivity contribution in [1.82, 2.24) is 29.4 Å². The summed E-state index contributed by atoms with van der Waals surface area (Å²) in [6.07, 6.45) is 1.68. The van der Waals surface area contributed by atoms with E-state index in [1.54, 1.807) is 34.6 Å². The van der Waals surface area contributed by atoms with Crippen LogP contribution in [0, 0.1) is 24.1 Å². The number of rotatable bonds is 11. The van der Waals surface area contributed by atoms with Crippen molar-refractivity contribution >= 4 is 27.5 Å². The van der Waals surface area contributed by atoms with Crippen LogP contribution >= 0.6 is 11.3 Å². The lowest BCUT2D eigenvalue weighted by Gasteiger charge is -2.29. The Kier molecular flexibility index (Phi) is 9.17. The number of nitrogens with zero attached hydrogens (tertiary/aromatic N) is 6. The molecule has 0 aliphatic rings. The Morgan fingerprint density at radius 1 is 1.19 bits per heavy atom. The summed E-state index contributed by atoms with van der Waals surface area (Å²) in [5.74, 6) is -0.863. The molecule has 1 atom stereocenters. The molecule has 0 aliphatic heterocycles. The average molecular weight is 612 g/mol. The molecule has 228 valence electrons. The molecule has 1 amide bonds. The summed E-state index contributed by atoms with van der Waals surface area (Å²) in [4.78, 5) is 43.4. The number of nitriles is 1. The highest BCUT2D eigenvalue weighted by Gasteiger charge is 2.36. The molecule has 0 fully saturated rings. The van der Waals surface area contributed by atoms with E-state index in [4.69, 9.17) is 14.7 Å². The Hall–Kier alpha value is -4.35. The zero-order valence-corrected chi connectivity index (χ0v) is 25.9. The first kappa shape index (κ1) is 31.6. The average Bonchev–Trinajstić information content (AvgIpc) is 3.57. The van der Waals surface area contributed by atoms with Crippen molar-refractivity contribution in [3.8, 4) is 16.8 Å². The first-order valence-corrected chi connectivity index (χ1v) is 14.5. The molecular formula is C29H34FN7O5S. The van der Waals surface area contributed by atoms with E-state index in [0.717, 1.165) is 15.9 Å². The van der Waals surface area contributed by atoms with Gasteiger partial charge in [-0.05, 0) is 66.7 Å². The standard InChI is InChI=1S/C29H34FN7O5S/c1-16(2)34-27(39)29(6,7)36-24(38)23-18(5)25(37-32-11-12-33-37)43-26(23)35(28(36)40)15-22(42-17(3)4)20-14-19(30)8-9-21(20)41-13-10-31/h8-9,11-12,14,16-17,22H,13,15H2,1-7H3,(H,34,39). The molecule has 4 rings (SSSR count). The van der Waals surface area contributed by atoms with Gasteiger partial charge in [-0.3, -0.25) is 14.2 Å². The van der Waals surface area contributed by atoms with Crippen LogP contribution < -0.4 is 21.3 Å². The Balaban J connectivity index is 2.04. The van der Waals surface area contributed by atoms with E-state index in [1.165, 1.54) is 53.8 Å². The molecule has 3 aromatic heterocycles. The summed E-state index contributed by atoms with van der Waals surface area (Å²) in [5, 5.41) is 21.0. The monoisotopic (exact) mass is 611 g/mol. The molecule has 3 heterocycles. The molecule has 0 saturated heterocycles. The fourth-order valence-corrected chi connectivity index (χ4v) is 5.98. The minimum Gasteiger partial charge on any atom is -0.478 e. The highest BCUT2D eigenvalue weighted by molar-refractivity contribution is 7.21. The Morgan fingerprint density at radius 2 is 1.86 bits per heavy atom. The highest BCUT2D eigenvalue weighted by atomic mass is 32.1. The van der Waals surface area contributed by atoms with Crippen LogP contribution in [0.15, 0.2) is 40.2 Å². The quantitative estimate of drug-likeness (QED) is 0.271. The summed E-state index contributed by atoms with van der Waals surface area (Å²) < 4.78 is 28.7. The summed E-state index contributed by atoms with van der Waals surface area (Å²) >= 11 is 1.14. The summed E-state index contributed by atoms with van der Waals surface area (Å²) in [5.41, 5.74) is -2.18. The SMILES string of the molecule is Cc1c(-n2nccn2)sc2c1c(=O)n(C(C)(C)C(=O)NC(C)C)c(=O)n2CC(OC(C)C)c1cc(F)ccc1OCC#N. The lowest BCUT2D eigenvalue weighted by atomic mass is 10.0. The highest BCUT2D eigenvalue weighted by Crippen LogP contribution is 2.35. The van der Waals surface area contributed by atoms with Gasteiger partial charge in [0.25, 0.3) is 5.56 Å². The molecule has 43 heavy (non-hydrogen) atoms. The zero-order valence-electron chi connectivity index (χ0n) is 25.0. The number of hydrogen-bond donors (Lipinski definition) is 1. The van der Waals surface area contributed by atoms with Crippen LogP contribution in [-0.2, 0) is 21.6 Å². The first-order chi connectivity index (χ1) is 20.3. The maximum Gasteiger partial charge on any atom is 0.333 e. The smallest absolute Gasteiger partial charge is 0.333 e. The third-order valence-corrected chi connectivity index (χ3v) is 8.00. The number of amides is 1. The van der Waals surface area contributed by atoms with Crippen molar-refractivity contribution in [3.63, 3.8) is 0 Å². The third kappa shape index (κ3) is 6.23. The number of nitrogens with one attached hydrogen (secondary N) is 1. The molecular weight excluding hydrogens is 577 g/mol. The number of benzene rings is 1. The normalized spacial score (nSPS) is 12.6. The van der Waals surface area contributed by atoms with Crippen molar-refractivity contribution in [2.24, 2.45) is 0 Å². The molecule has 0 bridgehead atoms. The lowest BCUT2D eigenvalue weighted by Crippen LogP contribution is -2.56. The number of aryl methyl sites for hydroxylation is 1. The van der Waals surface area contributed by atoms with Gasteiger partial charge >= 0.3 is 5.69 Å². The Bertz CT molecular complexity index is 1800. The van der Waals surface area contributed by atoms with Crippen molar-refractivity contribution < 1.29 is 18.7 Å². The molecule has 12 nitrogen and oxygen atoms in total. The lowest BCUT2D eigenvalue weighted by molar-refractivity contribution is -0.129. The van der Waals surface area contributed by atoms with Crippen molar-refractivity contribution in [3.05, 3.63) is 68.4 Å². The molecule has 0 aliphatic carbocycles. The second-order valence-corrected chi connectivity index (χ2v) is 12.0. The van der Waals surface area contributed by atoms with Gasteiger partial charge in [0.1, 0.15) is 39.1 Å². The van der Waals surface area contributed by atoms with E-state index in [1.807, 2.05) is 6.07 Å². The van der Waals surface area contributed by atoms with Crippen LogP contribution in [0.2, 0.25) is 0 Å². The van der Waals surface area contributed by atoms with Gasteiger partial charge in [-0.1, -0.05) is 11.3 Å². The molecule has 1 aromatic carbocycles. The number of fused-ring (bicyclic) bond motifs is 1. The van der Waals surface area contributed by atoms with Gasteiger partial charge in [-0.15, -0.1) is 4.80 Å². The van der Waals surface area contributed by atoms with Crippen molar-refractivity contribution in [2.75, 3.05) is 6.61 Å². The van der Waals surface area contributed by atoms with Gasteiger partial charge in [0, 0.05) is 17.2 Å². The number of carbonyl (C=O) groups is 1. The molecule has 14 heteroatoms. The maximum atomic E-state index is 14.6. The fourth-order valence-electron chi connectivity index (χ4n) is 4.76. The van der Waals surface area contributed by atoms with E-state index in [-0.39, 0.29) is 42.0 Å². The van der Waals surface area contributed by atoms with Crippen molar-refractivity contribution in [1.29, 1.82) is 5.26 Å². The van der Waals surface area contributed by atoms with Gasteiger partial charge in [0.15, 0.2) is 6.61 Å². The van der Waals surface area contributed by atoms with Crippen LogP contribution in [0.3, 0.4) is 0 Å². The second kappa shape index (κ2) is 12.5. The molecule has 1 unspecified atom stereocenters. The largest absolute Gasteiger partial charge is 0.478 e. The number of thiophene rings is 1. The predicted octanol–water partition coefficient (Wildman–Crippen LogP) is 3.58. The fraction of sp³-hybridized carbons (Fsp3) is 0.448. The third-order valence-electron chi connectivity index (χ3n) is 6.72. The van der Waals surface area contributed by atoms with E-state index < -0.39 is 34.6 Å². The maximum absolute atomic E-state index is 14.6. The number of ether oxygens (including phenoxy) is 2. The van der Waals surface area contributed by atoms with E-state index >= 15 is 0 Å². The number of carbonyl (C=O) groups excluding carboxylic acids is 1. The van der Waals surface area contributed by atoms with Crippen LogP contribution in [0.4, 0.5) is 4.39 Å². The number of aromatic nitrogens is 5. The summed E-state index contributed by atoms with van der Waals surface area (Å²) in [6, 6.07) is 5.49. The van der Waals surface area contributed by atoms with Crippen molar-refractivity contribution in [2.45, 2.75) is 78.8 Å². The zero-order chi connectivity index (χ0) is 31.6. The van der Waals surface area contributed by atoms with E-state index in [9.17, 15) is 18.8 Å². The van der Waals surface area contributed by atoms with Gasteiger partial charge in [-0.25, -0.2) is 13.8 Å². The number of hydrogen-bond acceptors (Lipinski definition) is 9. The van der Waals surface area contributed by atoms with Crippen LogP contribution in [0.25, 0.3) is 15.2 Å². The molecule has 4 aromatic rings. The minimum atomic E-state index is -1.58.